The molecule has 101 heavy (non-hydrogen) atoms. The van der Waals surface area contributed by atoms with Crippen LogP contribution in [0.15, 0.2) is 124 Å². The Kier molecular flexibility index (Phi) is 25.5. The fourth-order valence-corrected chi connectivity index (χ4v) is 16.4. The first-order valence-corrected chi connectivity index (χ1v) is 36.4. The normalized spacial score (nSPS) is 22.2. The molecule has 0 aliphatic carbocycles. The van der Waals surface area contributed by atoms with Crippen LogP contribution in [0.5, 0.6) is 11.5 Å². The molecule has 538 valence electrons. The summed E-state index contributed by atoms with van der Waals surface area (Å²) in [7, 11) is -8.87. The van der Waals surface area contributed by atoms with E-state index in [1.165, 1.54) is 51.7 Å². The van der Waals surface area contributed by atoms with Crippen LogP contribution in [0.25, 0.3) is 11.2 Å². The van der Waals surface area contributed by atoms with Crippen molar-refractivity contribution in [2.75, 3.05) is 65.3 Å². The molecule has 3 saturated heterocycles. The minimum absolute atomic E-state index is 0.00644. The minimum atomic E-state index is -5.02. The summed E-state index contributed by atoms with van der Waals surface area (Å²) in [4.78, 5) is 58.7. The quantitative estimate of drug-likeness (QED) is 0.0190. The molecule has 3 aliphatic heterocycles. The molecule has 36 heteroatoms. The Bertz CT molecular complexity index is 4300. The van der Waals surface area contributed by atoms with Crippen LogP contribution in [0.4, 0.5) is 11.6 Å². The van der Waals surface area contributed by atoms with Gasteiger partial charge in [-0.3, -0.25) is 50.6 Å². The van der Waals surface area contributed by atoms with Crippen molar-refractivity contribution in [2.24, 2.45) is 0 Å². The van der Waals surface area contributed by atoms with E-state index in [1.54, 1.807) is 38.5 Å². The van der Waals surface area contributed by atoms with Gasteiger partial charge in [-0.1, -0.05) is 54.6 Å². The molecule has 10 rings (SSSR count). The van der Waals surface area contributed by atoms with Gasteiger partial charge in [-0.2, -0.15) is 20.8 Å². The number of hydrogen-bond acceptors (Lipinski definition) is 29. The third-order valence-electron chi connectivity index (χ3n) is 16.6. The number of nitrogens with one attached hydrogen (secondary N) is 1. The maximum atomic E-state index is 15.7. The minimum Gasteiger partial charge on any atom is -0.497 e. The second-order valence-corrected chi connectivity index (χ2v) is 28.6. The lowest BCUT2D eigenvalue weighted by molar-refractivity contribution is -0.0960. The molecule has 7 heterocycles. The Hall–Kier alpha value is -8.19. The molecule has 0 bridgehead atoms. The summed E-state index contributed by atoms with van der Waals surface area (Å²) in [5.41, 5.74) is 11.2. The molecule has 7 aromatic rings. The van der Waals surface area contributed by atoms with Gasteiger partial charge in [0, 0.05) is 49.3 Å². The van der Waals surface area contributed by atoms with Crippen LogP contribution < -0.4 is 37.9 Å². The lowest BCUT2D eigenvalue weighted by atomic mass is 9.80. The molecule has 0 radical (unpaired) electrons. The number of ether oxygens (including phenoxy) is 6. The first kappa shape index (κ1) is 75.5. The summed E-state index contributed by atoms with van der Waals surface area (Å²) in [6.45, 7) is 6.63. The van der Waals surface area contributed by atoms with Crippen LogP contribution in [0, 0.1) is 40.9 Å². The fraction of sp³-hybridized carbons (Fsp3) is 0.477. The monoisotopic (exact) mass is 1450 g/mol. The number of nitrogens with two attached hydrogens (primary N) is 2. The average Bonchev–Trinajstić information content (AvgIpc) is 1.24. The zero-order chi connectivity index (χ0) is 72.0. The molecular formula is C65H79N14O19P3. The van der Waals surface area contributed by atoms with Gasteiger partial charge in [0.1, 0.15) is 84.0 Å². The van der Waals surface area contributed by atoms with Gasteiger partial charge in [0.05, 0.1) is 104 Å². The van der Waals surface area contributed by atoms with E-state index < -0.39 is 128 Å². The maximum absolute atomic E-state index is 15.7. The first-order valence-electron chi connectivity index (χ1n) is 32.3. The van der Waals surface area contributed by atoms with Gasteiger partial charge in [0.2, 0.25) is 0 Å². The second-order valence-electron chi connectivity index (χ2n) is 24.0. The molecule has 5 N–H and O–H groups in total. The molecule has 3 fully saturated rings. The van der Waals surface area contributed by atoms with Gasteiger partial charge < -0.3 is 48.9 Å². The zero-order valence-corrected chi connectivity index (χ0v) is 59.1. The van der Waals surface area contributed by atoms with Crippen LogP contribution in [0.1, 0.15) is 107 Å². The number of aromatic nitrogens is 8. The summed E-state index contributed by atoms with van der Waals surface area (Å²) in [6.07, 6.45) is -6.53. The van der Waals surface area contributed by atoms with Gasteiger partial charge in [-0.15, -0.1) is 0 Å². The number of hydrogen-bond donors (Lipinski definition) is 3. The molecule has 33 nitrogen and oxygen atoms in total. The van der Waals surface area contributed by atoms with E-state index in [2.05, 4.69) is 31.0 Å². The number of aromatic amines is 1. The Morgan fingerprint density at radius 3 is 1.72 bits per heavy atom. The molecule has 3 aromatic carbocycles. The number of methoxy groups -OCH3 is 2. The predicted octanol–water partition coefficient (Wildman–Crippen LogP) is 8.54. The molecule has 4 aromatic heterocycles. The third kappa shape index (κ3) is 18.0. The molecule has 0 amide bonds. The topological polar surface area (TPSA) is 423 Å². The summed E-state index contributed by atoms with van der Waals surface area (Å²) >= 11 is 0. The SMILES string of the molecule is COc1ccc(C(OC[C@H]2O[C@@H](n3ccc(N)nc3=O)C[C@@H]2OP(=O)(OCCC#N)OC[C@H]2O[C@@H](n3cnc4c(N)ncnc43)C[C@@H]2OP(=O)(OCCC#N)OC[C@H]2O[C@@H](n3cc(C)c(=O)[nH]c3=O)C[C@@H]2OP(OCCC#N)N(C(C)C)C(C)C)(c2ccccc2)c2ccc(OC)cc2)cc1. The number of rotatable bonds is 35. The Morgan fingerprint density at radius 2 is 1.18 bits per heavy atom. The number of phosphoric ester groups is 2. The van der Waals surface area contributed by atoms with Crippen molar-refractivity contribution < 1.29 is 73.7 Å². The van der Waals surface area contributed by atoms with Gasteiger partial charge in [-0.25, -0.2) is 38.3 Å². The lowest BCUT2D eigenvalue weighted by Crippen LogP contribution is -2.38. The van der Waals surface area contributed by atoms with Crippen molar-refractivity contribution in [1.29, 1.82) is 15.8 Å². The van der Waals surface area contributed by atoms with Gasteiger partial charge in [0.25, 0.3) is 14.1 Å². The number of phosphoric acid groups is 2. The van der Waals surface area contributed by atoms with E-state index in [0.717, 1.165) is 0 Å². The highest BCUT2D eigenvalue weighted by Gasteiger charge is 2.50. The second kappa shape index (κ2) is 34.2. The summed E-state index contributed by atoms with van der Waals surface area (Å²) in [5.74, 6) is 1.13. The van der Waals surface area contributed by atoms with E-state index in [1.807, 2.05) is 99.1 Å². The fourth-order valence-electron chi connectivity index (χ4n) is 11.9. The van der Waals surface area contributed by atoms with Crippen molar-refractivity contribution >= 4 is 47.0 Å². The highest BCUT2D eigenvalue weighted by atomic mass is 31.2. The number of nitrogens with zero attached hydrogens (tertiary/aromatic N) is 11. The first-order chi connectivity index (χ1) is 48.6. The van der Waals surface area contributed by atoms with Crippen molar-refractivity contribution in [3.8, 4) is 29.7 Å². The summed E-state index contributed by atoms with van der Waals surface area (Å²) < 4.78 is 126. The number of imidazole rings is 1. The van der Waals surface area contributed by atoms with Crippen LogP contribution in [0.3, 0.4) is 0 Å². The third-order valence-corrected chi connectivity index (χ3v) is 21.8. The van der Waals surface area contributed by atoms with Gasteiger partial charge in [-0.05, 0) is 81.6 Å². The van der Waals surface area contributed by atoms with E-state index in [-0.39, 0.29) is 92.2 Å². The van der Waals surface area contributed by atoms with Crippen LogP contribution in [-0.2, 0) is 69.9 Å². The number of aryl methyl sites for hydroxylation is 1. The number of nitriles is 3. The van der Waals surface area contributed by atoms with Crippen molar-refractivity contribution in [2.45, 2.75) is 146 Å². The molecule has 3 aliphatic rings. The number of nitrogen functional groups attached to an aromatic ring is 2. The highest BCUT2D eigenvalue weighted by molar-refractivity contribution is 7.48. The molecule has 0 saturated carbocycles. The molecule has 3 unspecified atom stereocenters. The van der Waals surface area contributed by atoms with Crippen LogP contribution in [-0.4, -0.2) is 146 Å². The molecule has 12 atom stereocenters. The van der Waals surface area contributed by atoms with Crippen molar-refractivity contribution in [3.63, 3.8) is 0 Å². The van der Waals surface area contributed by atoms with Crippen molar-refractivity contribution in [1.82, 2.24) is 43.3 Å². The standard InChI is InChI=1S/C65H79N14O19P3/c1-41(2)79(42(3)4)99(88-29-11-25-66)96-49-32-57(77-35-43(5)62(80)75-64(77)82)94-53(49)37-91-100(83,89-30-12-26-67)98-51-34-58(78-40-73-59-60(70)71-39-72-61(59)78)95-54(51)38-92-101(84,90-31-13-27-68)97-50-33-56(76-28-24-55(69)74-63(76)81)93-52(50)36-87-65(44-14-9-8-10-15-44,45-16-20-47(85-6)21-17-45)46-18-22-48(86-7)23-19-46/h8-10,14-24,28,35,39-42,49-54,56-58H,11-13,29-34,36-38H2,1-7H3,(H2,69,74,81)(H2,70,71,72)(H,75,80,82)/t49-,50-,51-,52+,53+,54+,56+,57+,58+,99?,100?,101?/m0/s1. The Morgan fingerprint density at radius 1 is 0.663 bits per heavy atom. The lowest BCUT2D eigenvalue weighted by Gasteiger charge is -2.37. The van der Waals surface area contributed by atoms with Crippen molar-refractivity contribution in [3.05, 3.63) is 164 Å². The molecule has 0 spiro atoms. The number of anilines is 2. The number of H-pyrrole nitrogens is 1. The van der Waals surface area contributed by atoms with E-state index in [4.69, 9.17) is 76.1 Å². The smallest absolute Gasteiger partial charge is 0.475 e. The van der Waals surface area contributed by atoms with E-state index in [9.17, 15) is 30.2 Å². The predicted molar refractivity (Wildman–Crippen MR) is 362 cm³/mol. The Balaban J connectivity index is 0.984. The Labute approximate surface area is 582 Å². The highest BCUT2D eigenvalue weighted by Crippen LogP contribution is 2.58. The van der Waals surface area contributed by atoms with Gasteiger partial charge in [0.15, 0.2) is 11.5 Å². The summed E-state index contributed by atoms with van der Waals surface area (Å²) in [6, 6.07) is 31.1. The van der Waals surface area contributed by atoms with E-state index >= 15 is 9.13 Å². The number of benzene rings is 3. The number of fused-ring (bicyclic) bond motifs is 1. The summed E-state index contributed by atoms with van der Waals surface area (Å²) in [5, 5.41) is 29.0. The van der Waals surface area contributed by atoms with Gasteiger partial charge >= 0.3 is 27.0 Å². The zero-order valence-electron chi connectivity index (χ0n) is 56.4. The average molecular weight is 1450 g/mol. The van der Waals surface area contributed by atoms with Crippen LogP contribution >= 0.6 is 24.2 Å². The van der Waals surface area contributed by atoms with E-state index in [0.29, 0.717) is 28.2 Å². The van der Waals surface area contributed by atoms with Crippen LogP contribution in [0.2, 0.25) is 0 Å². The molecular weight excluding hydrogens is 1370 g/mol. The maximum Gasteiger partial charge on any atom is 0.475 e. The largest absolute Gasteiger partial charge is 0.497 e.